The molecule has 0 radical (unpaired) electrons. The molecule has 6 nitrogen and oxygen atoms in total. The van der Waals surface area contributed by atoms with Crippen LogP contribution in [0.25, 0.3) is 6.08 Å². The van der Waals surface area contributed by atoms with Gasteiger partial charge in [0.1, 0.15) is 31.1 Å². The van der Waals surface area contributed by atoms with Gasteiger partial charge in [-0.05, 0) is 6.08 Å². The van der Waals surface area contributed by atoms with Crippen LogP contribution in [0.2, 0.25) is 0 Å². The van der Waals surface area contributed by atoms with E-state index >= 15 is 0 Å². The Bertz CT molecular complexity index is 552. The number of hydrogen-bond donors (Lipinski definition) is 2. The van der Waals surface area contributed by atoms with Gasteiger partial charge in [-0.15, -0.1) is 0 Å². The van der Waals surface area contributed by atoms with E-state index in [4.69, 9.17) is 10.1 Å². The van der Waals surface area contributed by atoms with E-state index in [0.29, 0.717) is 12.3 Å². The summed E-state index contributed by atoms with van der Waals surface area (Å²) in [5.41, 5.74) is 1.38. The molecule has 0 aliphatic heterocycles. The Hall–Kier alpha value is -2.60. The topological polar surface area (TPSA) is 84.2 Å². The molecule has 3 N–H and O–H groups in total. The molecule has 0 bridgehead atoms. The lowest BCUT2D eigenvalue weighted by Crippen LogP contribution is -2.44. The highest BCUT2D eigenvalue weighted by Gasteiger charge is 2.11. The van der Waals surface area contributed by atoms with Crippen LogP contribution in [0.1, 0.15) is 5.69 Å². The first kappa shape index (κ1) is 16.5. The summed E-state index contributed by atoms with van der Waals surface area (Å²) in [5.74, 6) is 0. The van der Waals surface area contributed by atoms with Crippen molar-refractivity contribution in [3.05, 3.63) is 55.8 Å². The first-order valence-electron chi connectivity index (χ1n) is 6.36. The number of ether oxygens (including phenoxy) is 1. The number of nitrogens with zero attached hydrogens (tertiary/aromatic N) is 3. The van der Waals surface area contributed by atoms with Crippen LogP contribution in [0.15, 0.2) is 55.1 Å². The number of allylic oxidation sites excluding steroid dienone is 2. The van der Waals surface area contributed by atoms with Gasteiger partial charge >= 0.3 is 0 Å². The van der Waals surface area contributed by atoms with Gasteiger partial charge in [0.05, 0.1) is 0 Å². The molecule has 1 unspecified atom stereocenters. The molecule has 1 aromatic heterocycles. The highest BCUT2D eigenvalue weighted by Crippen LogP contribution is 1.93. The van der Waals surface area contributed by atoms with E-state index in [1.54, 1.807) is 29.2 Å². The Kier molecular flexibility index (Phi) is 7.31. The molecule has 1 aromatic rings. The maximum absolute atomic E-state index is 9.88. The molecule has 1 atom stereocenters. The molecule has 0 aliphatic carbocycles. The summed E-state index contributed by atoms with van der Waals surface area (Å²) in [7, 11) is 0. The molecule has 1 heterocycles. The molecule has 0 saturated heterocycles. The number of rotatable bonds is 9. The third-order valence-electron chi connectivity index (χ3n) is 2.50. The number of aliphatic hydroxyl groups excluding tert-OH is 1. The minimum absolute atomic E-state index is 0.121. The van der Waals surface area contributed by atoms with Gasteiger partial charge in [0.2, 0.25) is 0 Å². The molecule has 0 aliphatic rings. The quantitative estimate of drug-likeness (QED) is 0.359. The monoisotopic (exact) mass is 288 g/mol. The van der Waals surface area contributed by atoms with Gasteiger partial charge in [-0.3, -0.25) is 5.41 Å². The van der Waals surface area contributed by atoms with Crippen molar-refractivity contribution in [2.24, 2.45) is 4.99 Å². The van der Waals surface area contributed by atoms with Crippen molar-refractivity contribution in [2.75, 3.05) is 6.61 Å². The number of hydrogen-bond acceptors (Lipinski definition) is 4. The highest BCUT2D eigenvalue weighted by molar-refractivity contribution is 5.98. The lowest BCUT2D eigenvalue weighted by atomic mass is 10.3. The van der Waals surface area contributed by atoms with Crippen molar-refractivity contribution in [3.63, 3.8) is 0 Å². The summed E-state index contributed by atoms with van der Waals surface area (Å²) in [4.78, 5) is 7.85. The van der Waals surface area contributed by atoms with Gasteiger partial charge in [-0.2, -0.15) is 0 Å². The summed E-state index contributed by atoms with van der Waals surface area (Å²) in [6.45, 7) is 7.69. The third kappa shape index (κ3) is 6.40. The zero-order valence-electron chi connectivity index (χ0n) is 11.8. The van der Waals surface area contributed by atoms with Gasteiger partial charge in [-0.1, -0.05) is 18.1 Å². The predicted molar refractivity (Wildman–Crippen MR) is 81.2 cm³/mol. The van der Waals surface area contributed by atoms with E-state index in [1.165, 1.54) is 18.7 Å². The van der Waals surface area contributed by atoms with Crippen molar-refractivity contribution in [1.29, 1.82) is 0 Å². The van der Waals surface area contributed by atoms with E-state index in [1.807, 2.05) is 6.07 Å². The third-order valence-corrected chi connectivity index (χ3v) is 2.50. The molecule has 1 rings (SSSR count). The lowest BCUT2D eigenvalue weighted by molar-refractivity contribution is -0.708. The van der Waals surface area contributed by atoms with E-state index in [-0.39, 0.29) is 6.61 Å². The van der Waals surface area contributed by atoms with E-state index in [2.05, 4.69) is 23.1 Å². The van der Waals surface area contributed by atoms with Crippen LogP contribution in [-0.4, -0.2) is 34.9 Å². The number of aliphatic imine (C=N–C) groups is 1. The fourth-order valence-electron chi connectivity index (χ4n) is 1.45. The minimum atomic E-state index is -0.682. The molecule has 0 aromatic carbocycles. The zero-order chi connectivity index (χ0) is 15.5. The van der Waals surface area contributed by atoms with Gasteiger partial charge in [-0.25, -0.2) is 9.56 Å². The number of aliphatic hydroxyl groups is 1. The van der Waals surface area contributed by atoms with Crippen molar-refractivity contribution in [1.82, 2.24) is 4.98 Å². The summed E-state index contributed by atoms with van der Waals surface area (Å²) < 4.78 is 6.92. The number of aromatic nitrogens is 2. The zero-order valence-corrected chi connectivity index (χ0v) is 11.8. The Morgan fingerprint density at radius 1 is 1.57 bits per heavy atom. The maximum atomic E-state index is 9.88. The van der Waals surface area contributed by atoms with Gasteiger partial charge in [0, 0.05) is 24.4 Å². The smallest absolute Gasteiger partial charge is 0.286 e. The molecular weight excluding hydrogens is 268 g/mol. The Labute approximate surface area is 124 Å². The van der Waals surface area contributed by atoms with Crippen molar-refractivity contribution in [3.8, 4) is 0 Å². The lowest BCUT2D eigenvalue weighted by Gasteiger charge is -2.09. The molecule has 6 heteroatoms. The van der Waals surface area contributed by atoms with Crippen molar-refractivity contribution in [2.45, 2.75) is 12.6 Å². The van der Waals surface area contributed by atoms with E-state index < -0.39 is 6.10 Å². The molecule has 21 heavy (non-hydrogen) atoms. The highest BCUT2D eigenvalue weighted by atomic mass is 16.5. The van der Waals surface area contributed by atoms with Crippen LogP contribution >= 0.6 is 0 Å². The van der Waals surface area contributed by atoms with Crippen LogP contribution in [0.4, 0.5) is 0 Å². The molecule has 0 fully saturated rings. The largest absolute Gasteiger partial charge is 0.480 e. The Balaban J connectivity index is 2.37. The van der Waals surface area contributed by atoms with Crippen LogP contribution in [0.5, 0.6) is 0 Å². The fraction of sp³-hybridized carbons (Fsp3) is 0.200. The van der Waals surface area contributed by atoms with Crippen LogP contribution in [0.3, 0.4) is 0 Å². The molecule has 110 valence electrons. The Morgan fingerprint density at radius 3 is 3.10 bits per heavy atom. The van der Waals surface area contributed by atoms with E-state index in [0.717, 1.165) is 5.69 Å². The van der Waals surface area contributed by atoms with Gasteiger partial charge < -0.3 is 9.84 Å². The first-order valence-corrected chi connectivity index (χ1v) is 6.36. The maximum Gasteiger partial charge on any atom is 0.286 e. The summed E-state index contributed by atoms with van der Waals surface area (Å²) >= 11 is 0. The SMILES string of the molecule is C=CC(=[NH2+])/C=C\N=COCC(O)C[n+]1cnccc1C=C. The average molecular weight is 288 g/mol. The molecule has 0 amide bonds. The Morgan fingerprint density at radius 2 is 2.38 bits per heavy atom. The second-order valence-corrected chi connectivity index (χ2v) is 4.12. The van der Waals surface area contributed by atoms with Gasteiger partial charge in [0.15, 0.2) is 12.1 Å². The van der Waals surface area contributed by atoms with Crippen molar-refractivity contribution < 1.29 is 19.8 Å². The predicted octanol–water partition coefficient (Wildman–Crippen LogP) is -0.682. The summed E-state index contributed by atoms with van der Waals surface area (Å²) in [6.07, 6.45) is 10.1. The fourth-order valence-corrected chi connectivity index (χ4v) is 1.45. The van der Waals surface area contributed by atoms with Crippen LogP contribution in [0, 0.1) is 0 Å². The van der Waals surface area contributed by atoms with Crippen LogP contribution in [-0.2, 0) is 11.3 Å². The molecular formula is C15H20N4O2+2. The number of nitrogens with two attached hydrogens (primary N) is 1. The normalized spacial score (nSPS) is 12.4. The second-order valence-electron chi connectivity index (χ2n) is 4.12. The average Bonchev–Trinajstić information content (AvgIpc) is 2.50. The summed E-state index contributed by atoms with van der Waals surface area (Å²) in [6, 6.07) is 1.81. The van der Waals surface area contributed by atoms with Crippen molar-refractivity contribution >= 4 is 18.2 Å². The van der Waals surface area contributed by atoms with E-state index in [9.17, 15) is 5.11 Å². The standard InChI is InChI=1S/C15H19N4O2/c1-3-13(16)5-7-18-12-21-10-15(20)9-19-11-17-8-6-14(19)4-2/h3-8,11-12,15-16,20H,1-2,9-10H2/q+1/p+1/b7-5-,16-13?,18-12?. The second kappa shape index (κ2) is 9.33. The summed E-state index contributed by atoms with van der Waals surface area (Å²) in [5, 5.41) is 15.4. The molecule has 0 saturated carbocycles. The van der Waals surface area contributed by atoms with Gasteiger partial charge in [0.25, 0.3) is 6.33 Å². The van der Waals surface area contributed by atoms with Crippen LogP contribution < -0.4 is 9.98 Å². The first-order chi connectivity index (χ1) is 10.2. The molecule has 0 spiro atoms. The minimum Gasteiger partial charge on any atom is -0.480 e.